The van der Waals surface area contributed by atoms with Gasteiger partial charge < -0.3 is 5.32 Å². The second-order valence-corrected chi connectivity index (χ2v) is 13.7. The Labute approximate surface area is 60.1 Å². The number of nitrogens with one attached hydrogen (secondary N) is 1. The first kappa shape index (κ1) is 8.41. The van der Waals surface area contributed by atoms with Crippen molar-refractivity contribution < 1.29 is 4.79 Å². The van der Waals surface area contributed by atoms with E-state index in [4.69, 9.17) is 11.1 Å². The Morgan fingerprint density at radius 2 is 2.25 bits per heavy atom. The van der Waals surface area contributed by atoms with Gasteiger partial charge in [-0.3, -0.25) is 4.79 Å². The van der Waals surface area contributed by atoms with Gasteiger partial charge in [-0.1, -0.05) is 0 Å². The Bertz CT molecular complexity index is 81.8. The average molecular weight is 178 g/mol. The van der Waals surface area contributed by atoms with Crippen molar-refractivity contribution in [3.05, 3.63) is 0 Å². The van der Waals surface area contributed by atoms with Gasteiger partial charge in [-0.05, 0) is 0 Å². The number of amides is 1. The Morgan fingerprint density at radius 1 is 1.75 bits per heavy atom. The summed E-state index contributed by atoms with van der Waals surface area (Å²) in [4.78, 5) is 9.66. The first-order chi connectivity index (χ1) is 3.56. The summed E-state index contributed by atoms with van der Waals surface area (Å²) in [6.45, 7) is 0. The highest BCUT2D eigenvalue weighted by atomic mass is 35.6. The van der Waals surface area contributed by atoms with E-state index in [1.807, 2.05) is 0 Å². The summed E-state index contributed by atoms with van der Waals surface area (Å²) in [5, 5.41) is 2.44. The molecule has 2 nitrogen and oxygen atoms in total. The summed E-state index contributed by atoms with van der Waals surface area (Å²) in [6.07, 6.45) is -0.844. The van der Waals surface area contributed by atoms with E-state index in [9.17, 15) is 4.79 Å². The number of carbonyl (C=O) groups excluding carboxylic acids is 1. The summed E-state index contributed by atoms with van der Waals surface area (Å²) in [7, 11) is 6.45. The van der Waals surface area contributed by atoms with Crippen molar-refractivity contribution in [3.8, 4) is 0 Å². The van der Waals surface area contributed by atoms with Crippen LogP contribution in [0.15, 0.2) is 0 Å². The van der Waals surface area contributed by atoms with E-state index in [0.717, 1.165) is 0 Å². The molecule has 0 aliphatic heterocycles. The van der Waals surface area contributed by atoms with E-state index in [0.29, 0.717) is 12.6 Å². The van der Waals surface area contributed by atoms with Crippen molar-refractivity contribution in [2.24, 2.45) is 0 Å². The Morgan fingerprint density at radius 3 is 2.38 bits per heavy atom. The Hall–Kier alpha value is 0.411. The molecule has 8 heavy (non-hydrogen) atoms. The van der Waals surface area contributed by atoms with Crippen LogP contribution in [0, 0.1) is 0 Å². The summed E-state index contributed by atoms with van der Waals surface area (Å²) < 4.78 is 0. The fourth-order valence-electron chi connectivity index (χ4n) is 0.182. The van der Waals surface area contributed by atoms with Crippen LogP contribution < -0.4 is 5.32 Å². The lowest BCUT2D eigenvalue weighted by Gasteiger charge is -2.09. The molecule has 0 atom stereocenters. The molecule has 1 amide bonds. The molecule has 0 unspecified atom stereocenters. The van der Waals surface area contributed by atoms with Gasteiger partial charge in [-0.2, -0.15) is 11.1 Å². The summed E-state index contributed by atoms with van der Waals surface area (Å²) >= 11 is 5.66. The molecule has 0 heterocycles. The number of hydrogen-bond acceptors (Lipinski definition) is 1. The van der Waals surface area contributed by atoms with Gasteiger partial charge in [-0.15, -0.1) is 0 Å². The van der Waals surface area contributed by atoms with E-state index in [1.165, 1.54) is 0 Å². The molecule has 42 valence electrons. The number of rotatable bonds is 3. The summed E-state index contributed by atoms with van der Waals surface area (Å²) in [5.74, 6) is 0. The van der Waals surface area contributed by atoms with Crippen LogP contribution in [-0.2, 0) is 4.79 Å². The maximum absolute atomic E-state index is 9.66. The second-order valence-electron chi connectivity index (χ2n) is 1.30. The van der Waals surface area contributed by atoms with Crippen molar-refractivity contribution in [2.45, 2.75) is 0 Å². The SMILES string of the molecule is O=CNC[Si]([Si])([Si])Cl. The van der Waals surface area contributed by atoms with Crippen LogP contribution >= 0.6 is 11.1 Å². The zero-order valence-electron chi connectivity index (χ0n) is 4.07. The molecule has 0 saturated carbocycles. The second kappa shape index (κ2) is 3.44. The standard InChI is InChI=1S/C2H4ClNOSi3/c3-8(6,7)2-4-1-5/h1H,2H2,(H,4,5). The first-order valence-electron chi connectivity index (χ1n) is 1.92. The number of carbonyl (C=O) groups is 1. The van der Waals surface area contributed by atoms with Crippen LogP contribution in [0.2, 0.25) is 0 Å². The minimum atomic E-state index is -1.94. The molecule has 0 aliphatic rings. The molecule has 0 saturated heterocycles. The van der Waals surface area contributed by atoms with Gasteiger partial charge in [0.05, 0.1) is 0 Å². The molecular formula is C2H4ClNOSi3. The number of halogens is 1. The van der Waals surface area contributed by atoms with Gasteiger partial charge in [0.2, 0.25) is 6.41 Å². The monoisotopic (exact) mass is 177 g/mol. The van der Waals surface area contributed by atoms with Crippen molar-refractivity contribution in [3.63, 3.8) is 0 Å². The fraction of sp³-hybridized carbons (Fsp3) is 0.500. The minimum Gasteiger partial charge on any atom is -0.361 e. The van der Waals surface area contributed by atoms with E-state index in [-0.39, 0.29) is 0 Å². The molecule has 1 N–H and O–H groups in total. The smallest absolute Gasteiger partial charge is 0.206 e. The predicted molar refractivity (Wildman–Crippen MR) is 37.2 cm³/mol. The van der Waals surface area contributed by atoms with Gasteiger partial charge in [0.1, 0.15) is 6.42 Å². The first-order valence-corrected chi connectivity index (χ1v) is 8.14. The zero-order chi connectivity index (χ0) is 6.62. The van der Waals surface area contributed by atoms with E-state index in [1.54, 1.807) is 0 Å². The molecule has 0 bridgehead atoms. The molecule has 0 fully saturated rings. The maximum Gasteiger partial charge on any atom is 0.206 e. The number of hydrogen-bond donors (Lipinski definition) is 1. The summed E-state index contributed by atoms with van der Waals surface area (Å²) in [6, 6.07) is 0. The van der Waals surface area contributed by atoms with Gasteiger partial charge in [-0.25, -0.2) is 0 Å². The van der Waals surface area contributed by atoms with Crippen LogP contribution in [0.1, 0.15) is 0 Å². The third-order valence-corrected chi connectivity index (χ3v) is 2.58. The molecule has 6 heteroatoms. The van der Waals surface area contributed by atoms with Gasteiger partial charge in [0.15, 0.2) is 0 Å². The van der Waals surface area contributed by atoms with Crippen LogP contribution in [0.5, 0.6) is 0 Å². The van der Waals surface area contributed by atoms with Gasteiger partial charge in [0, 0.05) is 25.7 Å². The van der Waals surface area contributed by atoms with Crippen molar-refractivity contribution in [1.29, 1.82) is 0 Å². The van der Waals surface area contributed by atoms with E-state index < -0.39 is 6.42 Å². The topological polar surface area (TPSA) is 29.1 Å². The molecule has 0 aliphatic carbocycles. The molecule has 0 aromatic carbocycles. The molecule has 0 spiro atoms. The van der Waals surface area contributed by atoms with Crippen LogP contribution in [-0.4, -0.2) is 38.5 Å². The fourth-order valence-corrected chi connectivity index (χ4v) is 1.39. The van der Waals surface area contributed by atoms with E-state index in [2.05, 4.69) is 24.8 Å². The van der Waals surface area contributed by atoms with Crippen molar-refractivity contribution >= 4 is 43.4 Å². The van der Waals surface area contributed by atoms with Crippen LogP contribution in [0.25, 0.3) is 0 Å². The lowest BCUT2D eigenvalue weighted by atomic mass is 11.2. The summed E-state index contributed by atoms with van der Waals surface area (Å²) in [5.41, 5.74) is 0. The van der Waals surface area contributed by atoms with Crippen molar-refractivity contribution in [1.82, 2.24) is 5.32 Å². The normalized spacial score (nSPS) is 10.9. The predicted octanol–water partition coefficient (Wildman–Crippen LogP) is -1.21. The molecule has 0 rings (SSSR count). The Balaban J connectivity index is 3.24. The third kappa shape index (κ3) is 6.41. The molecular weight excluding hydrogens is 174 g/mol. The molecule has 6 radical (unpaired) electrons. The average Bonchev–Trinajstić information content (AvgIpc) is 1.59. The quantitative estimate of drug-likeness (QED) is 0.327. The Kier molecular flexibility index (Phi) is 3.62. The van der Waals surface area contributed by atoms with Crippen LogP contribution in [0.4, 0.5) is 0 Å². The van der Waals surface area contributed by atoms with Crippen molar-refractivity contribution in [2.75, 3.05) is 6.17 Å². The maximum atomic E-state index is 9.66. The van der Waals surface area contributed by atoms with E-state index >= 15 is 0 Å². The minimum absolute atomic E-state index is 0.478. The van der Waals surface area contributed by atoms with Crippen LogP contribution in [0.3, 0.4) is 0 Å². The zero-order valence-corrected chi connectivity index (χ0v) is 7.83. The third-order valence-electron chi connectivity index (χ3n) is 0.429. The lowest BCUT2D eigenvalue weighted by Crippen LogP contribution is -2.41. The van der Waals surface area contributed by atoms with Gasteiger partial charge in [0.25, 0.3) is 0 Å². The molecule has 0 aromatic heterocycles. The highest BCUT2D eigenvalue weighted by Gasteiger charge is 2.15. The highest BCUT2D eigenvalue weighted by molar-refractivity contribution is 7.61. The largest absolute Gasteiger partial charge is 0.361 e. The lowest BCUT2D eigenvalue weighted by molar-refractivity contribution is -0.109. The highest BCUT2D eigenvalue weighted by Crippen LogP contribution is 1.92. The van der Waals surface area contributed by atoms with Gasteiger partial charge >= 0.3 is 0 Å². The molecule has 0 aromatic rings.